The predicted octanol–water partition coefficient (Wildman–Crippen LogP) is 0.853. The maximum atomic E-state index is 13.4. The normalized spacial score (nSPS) is 33.6. The predicted molar refractivity (Wildman–Crippen MR) is 38.0 cm³/mol. The van der Waals surface area contributed by atoms with Crippen LogP contribution in [0.2, 0.25) is 0 Å². The molecule has 0 aliphatic carbocycles. The van der Waals surface area contributed by atoms with E-state index in [1.54, 1.807) is 0 Å². The average Bonchev–Trinajstić information content (AvgIpc) is 1.95. The highest BCUT2D eigenvalue weighted by molar-refractivity contribution is 5.76. The van der Waals surface area contributed by atoms with E-state index in [2.05, 4.69) is 0 Å². The Kier molecular flexibility index (Phi) is 2.13. The summed E-state index contributed by atoms with van der Waals surface area (Å²) in [7, 11) is 1.51. The van der Waals surface area contributed by atoms with Crippen molar-refractivity contribution < 1.29 is 14.3 Å². The highest BCUT2D eigenvalue weighted by atomic mass is 19.1. The van der Waals surface area contributed by atoms with Gasteiger partial charge in [0.2, 0.25) is 0 Å². The zero-order valence-electron chi connectivity index (χ0n) is 6.51. The van der Waals surface area contributed by atoms with Crippen molar-refractivity contribution in [2.45, 2.75) is 25.1 Å². The topological polar surface area (TPSA) is 40.5 Å². The van der Waals surface area contributed by atoms with Crippen molar-refractivity contribution in [3.63, 3.8) is 0 Å². The molecule has 0 bridgehead atoms. The molecule has 0 spiro atoms. The first-order valence-electron chi connectivity index (χ1n) is 3.71. The second kappa shape index (κ2) is 2.77. The summed E-state index contributed by atoms with van der Waals surface area (Å²) in [6.45, 7) is 0.531. The smallest absolute Gasteiger partial charge is 0.357 e. The van der Waals surface area contributed by atoms with Crippen molar-refractivity contribution in [2.24, 2.45) is 0 Å². The Morgan fingerprint density at radius 3 is 2.64 bits per heavy atom. The summed E-state index contributed by atoms with van der Waals surface area (Å²) in [5, 5.41) is 8.55. The van der Waals surface area contributed by atoms with E-state index in [0.29, 0.717) is 13.0 Å². The third-order valence-corrected chi connectivity index (χ3v) is 2.18. The molecule has 0 saturated carbocycles. The number of likely N-dealkylation sites (N-methyl/N-ethyl adjacent to an activating group) is 1. The molecule has 1 N–H and O–H groups in total. The maximum absolute atomic E-state index is 13.4. The van der Waals surface area contributed by atoms with E-state index in [4.69, 9.17) is 5.11 Å². The van der Waals surface area contributed by atoms with E-state index in [0.717, 1.165) is 6.42 Å². The van der Waals surface area contributed by atoms with Gasteiger partial charge in [0.05, 0.1) is 0 Å². The number of aliphatic carboxylic acids is 1. The molecular weight excluding hydrogens is 149 g/mol. The van der Waals surface area contributed by atoms with Gasteiger partial charge in [0.25, 0.3) is 5.79 Å². The molecule has 64 valence electrons. The van der Waals surface area contributed by atoms with Gasteiger partial charge in [-0.15, -0.1) is 0 Å². The minimum Gasteiger partial charge on any atom is -0.478 e. The summed E-state index contributed by atoms with van der Waals surface area (Å²) in [6, 6.07) is 0. The van der Waals surface area contributed by atoms with Crippen molar-refractivity contribution in [1.29, 1.82) is 0 Å². The number of nitrogens with zero attached hydrogens (tertiary/aromatic N) is 1. The molecule has 1 saturated heterocycles. The van der Waals surface area contributed by atoms with Crippen LogP contribution in [0.4, 0.5) is 4.39 Å². The molecule has 0 amide bonds. The molecule has 11 heavy (non-hydrogen) atoms. The number of likely N-dealkylation sites (tertiary alicyclic amines) is 1. The SMILES string of the molecule is CN1CCCCC1(F)C(=O)O. The number of hydrogen-bond acceptors (Lipinski definition) is 2. The number of alkyl halides is 1. The molecule has 0 aromatic heterocycles. The minimum absolute atomic E-state index is 0.110. The van der Waals surface area contributed by atoms with Gasteiger partial charge in [0.1, 0.15) is 0 Å². The lowest BCUT2D eigenvalue weighted by Gasteiger charge is -2.34. The Labute approximate surface area is 64.8 Å². The van der Waals surface area contributed by atoms with E-state index in [1.165, 1.54) is 11.9 Å². The molecule has 1 unspecified atom stereocenters. The molecule has 1 rings (SSSR count). The van der Waals surface area contributed by atoms with Crippen LogP contribution in [0, 0.1) is 0 Å². The molecule has 0 radical (unpaired) electrons. The van der Waals surface area contributed by atoms with Crippen molar-refractivity contribution in [1.82, 2.24) is 4.90 Å². The van der Waals surface area contributed by atoms with Crippen LogP contribution >= 0.6 is 0 Å². The summed E-state index contributed by atoms with van der Waals surface area (Å²) in [5.41, 5.74) is 0. The number of hydrogen-bond donors (Lipinski definition) is 1. The molecule has 1 aliphatic rings. The van der Waals surface area contributed by atoms with Gasteiger partial charge in [-0.05, 0) is 19.9 Å². The van der Waals surface area contributed by atoms with Gasteiger partial charge in [0, 0.05) is 13.0 Å². The molecular formula is C7H12FNO2. The molecule has 1 atom stereocenters. The molecule has 0 aromatic carbocycles. The van der Waals surface area contributed by atoms with Crippen LogP contribution in [-0.4, -0.2) is 35.4 Å². The summed E-state index contributed by atoms with van der Waals surface area (Å²) in [5.74, 6) is -3.47. The monoisotopic (exact) mass is 161 g/mol. The number of carbonyl (C=O) groups is 1. The second-order valence-electron chi connectivity index (χ2n) is 2.94. The summed E-state index contributed by atoms with van der Waals surface area (Å²) in [4.78, 5) is 11.7. The van der Waals surface area contributed by atoms with Crippen molar-refractivity contribution in [2.75, 3.05) is 13.6 Å². The van der Waals surface area contributed by atoms with Gasteiger partial charge >= 0.3 is 5.97 Å². The lowest BCUT2D eigenvalue weighted by molar-refractivity contribution is -0.168. The summed E-state index contributed by atoms with van der Waals surface area (Å²) >= 11 is 0. The van der Waals surface area contributed by atoms with Crippen molar-refractivity contribution in [3.8, 4) is 0 Å². The van der Waals surface area contributed by atoms with E-state index in [9.17, 15) is 9.18 Å². The molecule has 1 fully saturated rings. The van der Waals surface area contributed by atoms with E-state index in [-0.39, 0.29) is 6.42 Å². The number of piperidine rings is 1. The largest absolute Gasteiger partial charge is 0.478 e. The van der Waals surface area contributed by atoms with E-state index < -0.39 is 11.8 Å². The summed E-state index contributed by atoms with van der Waals surface area (Å²) in [6.07, 6.45) is 1.65. The second-order valence-corrected chi connectivity index (χ2v) is 2.94. The fourth-order valence-electron chi connectivity index (χ4n) is 1.35. The Morgan fingerprint density at radius 1 is 1.64 bits per heavy atom. The van der Waals surface area contributed by atoms with Crippen LogP contribution in [-0.2, 0) is 4.79 Å². The molecule has 4 heteroatoms. The van der Waals surface area contributed by atoms with Crippen LogP contribution in [0.3, 0.4) is 0 Å². The van der Waals surface area contributed by atoms with Crippen LogP contribution in [0.5, 0.6) is 0 Å². The minimum atomic E-state index is -2.11. The van der Waals surface area contributed by atoms with Crippen LogP contribution in [0.15, 0.2) is 0 Å². The molecule has 3 nitrogen and oxygen atoms in total. The Hall–Kier alpha value is -0.640. The van der Waals surface area contributed by atoms with Crippen molar-refractivity contribution >= 4 is 5.97 Å². The van der Waals surface area contributed by atoms with Crippen LogP contribution in [0.25, 0.3) is 0 Å². The van der Waals surface area contributed by atoms with Gasteiger partial charge in [-0.1, -0.05) is 0 Å². The highest BCUT2D eigenvalue weighted by Gasteiger charge is 2.44. The lowest BCUT2D eigenvalue weighted by atomic mass is 10.0. The van der Waals surface area contributed by atoms with Gasteiger partial charge in [-0.25, -0.2) is 9.18 Å². The number of carboxylic acid groups (broad SMARTS) is 1. The van der Waals surface area contributed by atoms with Gasteiger partial charge in [-0.3, -0.25) is 4.90 Å². The zero-order chi connectivity index (χ0) is 8.48. The number of rotatable bonds is 1. The third kappa shape index (κ3) is 1.35. The fraction of sp³-hybridized carbons (Fsp3) is 0.857. The van der Waals surface area contributed by atoms with Crippen LogP contribution < -0.4 is 0 Å². The van der Waals surface area contributed by atoms with Gasteiger partial charge in [-0.2, -0.15) is 0 Å². The fourth-order valence-corrected chi connectivity index (χ4v) is 1.35. The Morgan fingerprint density at radius 2 is 2.27 bits per heavy atom. The van der Waals surface area contributed by atoms with Gasteiger partial charge < -0.3 is 5.11 Å². The lowest BCUT2D eigenvalue weighted by Crippen LogP contribution is -2.51. The highest BCUT2D eigenvalue weighted by Crippen LogP contribution is 2.28. The van der Waals surface area contributed by atoms with E-state index >= 15 is 0 Å². The van der Waals surface area contributed by atoms with Gasteiger partial charge in [0.15, 0.2) is 0 Å². The van der Waals surface area contributed by atoms with Crippen molar-refractivity contribution in [3.05, 3.63) is 0 Å². The first-order valence-corrected chi connectivity index (χ1v) is 3.71. The Bertz CT molecular complexity index is 174. The third-order valence-electron chi connectivity index (χ3n) is 2.18. The number of carboxylic acids is 1. The molecule has 1 aliphatic heterocycles. The van der Waals surface area contributed by atoms with E-state index in [1.807, 2.05) is 0 Å². The quantitative estimate of drug-likeness (QED) is 0.580. The maximum Gasteiger partial charge on any atom is 0.357 e. The van der Waals surface area contributed by atoms with Crippen LogP contribution in [0.1, 0.15) is 19.3 Å². The first-order chi connectivity index (χ1) is 5.07. The number of halogens is 1. The Balaban J connectivity index is 2.72. The average molecular weight is 161 g/mol. The molecule has 0 aromatic rings. The molecule has 1 heterocycles. The summed E-state index contributed by atoms with van der Waals surface area (Å²) < 4.78 is 13.4. The first kappa shape index (κ1) is 8.46. The standard InChI is InChI=1S/C7H12FNO2/c1-9-5-3-2-4-7(9,8)6(10)11/h2-5H2,1H3,(H,10,11). The zero-order valence-corrected chi connectivity index (χ0v) is 6.51.